The third kappa shape index (κ3) is 3.53. The molecule has 1 nitrogen and oxygen atoms in total. The van der Waals surface area contributed by atoms with Gasteiger partial charge in [-0.25, -0.2) is 4.39 Å². The van der Waals surface area contributed by atoms with Crippen molar-refractivity contribution in [2.45, 2.75) is 57.5 Å². The van der Waals surface area contributed by atoms with Crippen LogP contribution in [0.25, 0.3) is 0 Å². The molecule has 0 amide bonds. The van der Waals surface area contributed by atoms with E-state index < -0.39 is 0 Å². The monoisotopic (exact) mass is 173 g/mol. The maximum absolute atomic E-state index is 12.2. The van der Waals surface area contributed by atoms with Gasteiger partial charge in [0.2, 0.25) is 0 Å². The largest absolute Gasteiger partial charge is 0.309 e. The Morgan fingerprint density at radius 2 is 1.83 bits per heavy atom. The van der Waals surface area contributed by atoms with E-state index in [-0.39, 0.29) is 12.7 Å². The van der Waals surface area contributed by atoms with E-state index in [0.717, 1.165) is 0 Å². The summed E-state index contributed by atoms with van der Waals surface area (Å²) in [5.74, 6) is 0. The van der Waals surface area contributed by atoms with Gasteiger partial charge in [0.25, 0.3) is 0 Å². The van der Waals surface area contributed by atoms with E-state index in [9.17, 15) is 4.39 Å². The second-order valence-electron chi connectivity index (χ2n) is 3.91. The number of rotatable bonds is 3. The molecule has 1 aliphatic carbocycles. The number of nitrogens with one attached hydrogen (secondary N) is 1. The van der Waals surface area contributed by atoms with Crippen LogP contribution in [0, 0.1) is 0 Å². The van der Waals surface area contributed by atoms with Crippen LogP contribution in [-0.2, 0) is 0 Å². The van der Waals surface area contributed by atoms with Crippen molar-refractivity contribution in [2.75, 3.05) is 6.67 Å². The molecule has 1 aliphatic rings. The van der Waals surface area contributed by atoms with Crippen molar-refractivity contribution in [3.63, 3.8) is 0 Å². The molecule has 0 radical (unpaired) electrons. The number of alkyl halides is 1. The first-order chi connectivity index (χ1) is 5.83. The van der Waals surface area contributed by atoms with Crippen LogP contribution in [-0.4, -0.2) is 18.8 Å². The molecule has 0 heterocycles. The Kier molecular flexibility index (Phi) is 4.59. The Morgan fingerprint density at radius 3 is 2.33 bits per heavy atom. The van der Waals surface area contributed by atoms with Crippen LogP contribution in [0.2, 0.25) is 0 Å². The first-order valence-electron chi connectivity index (χ1n) is 5.15. The van der Waals surface area contributed by atoms with Gasteiger partial charge in [0, 0.05) is 12.1 Å². The lowest BCUT2D eigenvalue weighted by Crippen LogP contribution is -2.37. The van der Waals surface area contributed by atoms with Crippen molar-refractivity contribution in [3.05, 3.63) is 0 Å². The van der Waals surface area contributed by atoms with E-state index in [2.05, 4.69) is 5.32 Å². The molecule has 0 aromatic rings. The molecule has 1 N–H and O–H groups in total. The molecule has 1 rings (SSSR count). The summed E-state index contributed by atoms with van der Waals surface area (Å²) in [6, 6.07) is 0.631. The lowest BCUT2D eigenvalue weighted by molar-refractivity contribution is 0.340. The summed E-state index contributed by atoms with van der Waals surface area (Å²) in [6.45, 7) is 1.68. The molecule has 1 atom stereocenters. The zero-order valence-corrected chi connectivity index (χ0v) is 7.98. The molecule has 2 heteroatoms. The van der Waals surface area contributed by atoms with E-state index in [1.54, 1.807) is 0 Å². The quantitative estimate of drug-likeness (QED) is 0.647. The molecule has 1 saturated carbocycles. The third-order valence-corrected chi connectivity index (χ3v) is 2.61. The Hall–Kier alpha value is -0.110. The van der Waals surface area contributed by atoms with Gasteiger partial charge in [0.05, 0.1) is 0 Å². The van der Waals surface area contributed by atoms with Crippen molar-refractivity contribution >= 4 is 0 Å². The summed E-state index contributed by atoms with van der Waals surface area (Å²) in [5.41, 5.74) is 0. The van der Waals surface area contributed by atoms with Gasteiger partial charge in [-0.3, -0.25) is 0 Å². The van der Waals surface area contributed by atoms with E-state index >= 15 is 0 Å². The second-order valence-corrected chi connectivity index (χ2v) is 3.91. The van der Waals surface area contributed by atoms with Crippen LogP contribution in [0.5, 0.6) is 0 Å². The average Bonchev–Trinajstić information content (AvgIpc) is 2.33. The van der Waals surface area contributed by atoms with E-state index in [4.69, 9.17) is 0 Å². The first-order valence-corrected chi connectivity index (χ1v) is 5.15. The van der Waals surface area contributed by atoms with Gasteiger partial charge in [-0.05, 0) is 19.8 Å². The molecule has 0 aliphatic heterocycles. The lowest BCUT2D eigenvalue weighted by Gasteiger charge is -2.19. The fourth-order valence-corrected chi connectivity index (χ4v) is 1.89. The van der Waals surface area contributed by atoms with Crippen molar-refractivity contribution < 1.29 is 4.39 Å². The van der Waals surface area contributed by atoms with Crippen LogP contribution in [0.3, 0.4) is 0 Å². The maximum atomic E-state index is 12.2. The van der Waals surface area contributed by atoms with E-state index in [1.807, 2.05) is 6.92 Å². The predicted octanol–water partition coefficient (Wildman–Crippen LogP) is 2.66. The SMILES string of the molecule is C[C@@H](CF)NC1CCCCCC1. The molecular weight excluding hydrogens is 153 g/mol. The summed E-state index contributed by atoms with van der Waals surface area (Å²) < 4.78 is 12.2. The number of hydrogen-bond donors (Lipinski definition) is 1. The number of hydrogen-bond acceptors (Lipinski definition) is 1. The van der Waals surface area contributed by atoms with Gasteiger partial charge in [-0.15, -0.1) is 0 Å². The number of halogens is 1. The highest BCUT2D eigenvalue weighted by Gasteiger charge is 2.13. The van der Waals surface area contributed by atoms with Gasteiger partial charge in [0.15, 0.2) is 0 Å². The average molecular weight is 173 g/mol. The van der Waals surface area contributed by atoms with Crippen LogP contribution >= 0.6 is 0 Å². The molecule has 12 heavy (non-hydrogen) atoms. The topological polar surface area (TPSA) is 12.0 Å². The van der Waals surface area contributed by atoms with Crippen molar-refractivity contribution in [2.24, 2.45) is 0 Å². The standard InChI is InChI=1S/C10H20FN/c1-9(8-11)12-10-6-4-2-3-5-7-10/h9-10,12H,2-8H2,1H3/t9-/m0/s1. The highest BCUT2D eigenvalue weighted by Crippen LogP contribution is 2.17. The molecule has 0 saturated heterocycles. The Morgan fingerprint density at radius 1 is 1.25 bits per heavy atom. The molecule has 1 fully saturated rings. The van der Waals surface area contributed by atoms with Gasteiger partial charge in [0.1, 0.15) is 6.67 Å². The van der Waals surface area contributed by atoms with Crippen molar-refractivity contribution in [1.29, 1.82) is 0 Å². The van der Waals surface area contributed by atoms with Crippen molar-refractivity contribution in [1.82, 2.24) is 5.32 Å². The Balaban J connectivity index is 2.20. The summed E-state index contributed by atoms with van der Waals surface area (Å²) in [4.78, 5) is 0. The highest BCUT2D eigenvalue weighted by atomic mass is 19.1. The Labute approximate surface area is 74.7 Å². The Bertz CT molecular complexity index is 108. The molecule has 0 bridgehead atoms. The minimum Gasteiger partial charge on any atom is -0.309 e. The summed E-state index contributed by atoms with van der Waals surface area (Å²) in [7, 11) is 0. The van der Waals surface area contributed by atoms with Gasteiger partial charge in [-0.1, -0.05) is 25.7 Å². The molecule has 0 aromatic heterocycles. The predicted molar refractivity (Wildman–Crippen MR) is 50.1 cm³/mol. The zero-order chi connectivity index (χ0) is 8.81. The fourth-order valence-electron chi connectivity index (χ4n) is 1.89. The van der Waals surface area contributed by atoms with E-state index in [1.165, 1.54) is 38.5 Å². The smallest absolute Gasteiger partial charge is 0.104 e. The lowest BCUT2D eigenvalue weighted by atomic mass is 10.1. The zero-order valence-electron chi connectivity index (χ0n) is 7.98. The van der Waals surface area contributed by atoms with Crippen LogP contribution in [0.4, 0.5) is 4.39 Å². The van der Waals surface area contributed by atoms with Crippen LogP contribution in [0.15, 0.2) is 0 Å². The molecule has 72 valence electrons. The molecule has 0 aromatic carbocycles. The normalized spacial score (nSPS) is 23.5. The molecular formula is C10H20FN. The third-order valence-electron chi connectivity index (χ3n) is 2.61. The van der Waals surface area contributed by atoms with Crippen molar-refractivity contribution in [3.8, 4) is 0 Å². The summed E-state index contributed by atoms with van der Waals surface area (Å²) >= 11 is 0. The maximum Gasteiger partial charge on any atom is 0.104 e. The summed E-state index contributed by atoms with van der Waals surface area (Å²) in [6.07, 6.45) is 7.84. The summed E-state index contributed by atoms with van der Waals surface area (Å²) in [5, 5.41) is 3.33. The first kappa shape index (κ1) is 9.97. The minimum atomic E-state index is -0.240. The minimum absolute atomic E-state index is 0.0492. The van der Waals surface area contributed by atoms with Crippen LogP contribution < -0.4 is 5.32 Å². The fraction of sp³-hybridized carbons (Fsp3) is 1.00. The van der Waals surface area contributed by atoms with E-state index in [0.29, 0.717) is 6.04 Å². The molecule has 0 unspecified atom stereocenters. The highest BCUT2D eigenvalue weighted by molar-refractivity contribution is 4.73. The van der Waals surface area contributed by atoms with Crippen LogP contribution in [0.1, 0.15) is 45.4 Å². The second kappa shape index (κ2) is 5.52. The van der Waals surface area contributed by atoms with Gasteiger partial charge < -0.3 is 5.32 Å². The van der Waals surface area contributed by atoms with Gasteiger partial charge >= 0.3 is 0 Å². The van der Waals surface area contributed by atoms with Gasteiger partial charge in [-0.2, -0.15) is 0 Å². The molecule has 0 spiro atoms.